The molecule has 148 valence electrons. The Morgan fingerprint density at radius 2 is 1.52 bits per heavy atom. The predicted molar refractivity (Wildman–Crippen MR) is 126 cm³/mol. The van der Waals surface area contributed by atoms with Crippen molar-refractivity contribution in [1.29, 1.82) is 0 Å². The van der Waals surface area contributed by atoms with Crippen LogP contribution >= 0.6 is 17.0 Å². The molecular weight excluding hydrogens is 474 g/mol. The van der Waals surface area contributed by atoms with Gasteiger partial charge in [0.05, 0.1) is 0 Å². The molecule has 0 fully saturated rings. The minimum atomic E-state index is -0.826. The number of fused-ring (bicyclic) bond motifs is 1. The monoisotopic (exact) mass is 497 g/mol. The summed E-state index contributed by atoms with van der Waals surface area (Å²) in [4.78, 5) is 0. The van der Waals surface area contributed by atoms with Crippen molar-refractivity contribution in [2.45, 2.75) is 33.1 Å². The van der Waals surface area contributed by atoms with Gasteiger partial charge in [-0.3, -0.25) is 0 Å². The van der Waals surface area contributed by atoms with Crippen LogP contribution in [-0.4, -0.2) is 0 Å². The van der Waals surface area contributed by atoms with E-state index in [1.165, 1.54) is 44.2 Å². The molecule has 0 amide bonds. The van der Waals surface area contributed by atoms with Crippen molar-refractivity contribution >= 4 is 27.8 Å². The summed E-state index contributed by atoms with van der Waals surface area (Å²) in [6.07, 6.45) is 1.07. The standard InChI is InChI=1S/C26H25.2ClH.Zr/c1-4-19-16-21-14-15-23(20-10-6-5-7-11-20)26(25(21)17-19)24-13-9-8-12-22(24)18(2)3;;;/h5-18H,4H2,1-3H3;2*1H;/q-1;;;+2/p-2. The molecule has 0 saturated carbocycles. The number of hydrogen-bond acceptors (Lipinski definition) is 0. The zero-order valence-corrected chi connectivity index (χ0v) is 21.0. The Balaban J connectivity index is 0.000000755. The fourth-order valence-corrected chi connectivity index (χ4v) is 3.92. The number of rotatable bonds is 4. The van der Waals surface area contributed by atoms with Crippen LogP contribution in [0.4, 0.5) is 0 Å². The van der Waals surface area contributed by atoms with Crippen LogP contribution in [0.1, 0.15) is 37.8 Å². The van der Waals surface area contributed by atoms with Gasteiger partial charge in [0.15, 0.2) is 0 Å². The molecule has 0 N–H and O–H groups in total. The van der Waals surface area contributed by atoms with Gasteiger partial charge in [-0.15, -0.1) is 28.5 Å². The van der Waals surface area contributed by atoms with Crippen LogP contribution in [0.2, 0.25) is 0 Å². The number of benzene rings is 3. The maximum absolute atomic E-state index is 4.93. The molecule has 0 bridgehead atoms. The summed E-state index contributed by atoms with van der Waals surface area (Å²) in [6.45, 7) is 6.79. The average Bonchev–Trinajstić information content (AvgIpc) is 3.17. The topological polar surface area (TPSA) is 0 Å². The van der Waals surface area contributed by atoms with Gasteiger partial charge in [0.1, 0.15) is 0 Å². The summed E-state index contributed by atoms with van der Waals surface area (Å²) in [5, 5.41) is 2.71. The van der Waals surface area contributed by atoms with Crippen LogP contribution < -0.4 is 0 Å². The van der Waals surface area contributed by atoms with E-state index in [1.54, 1.807) is 0 Å². The molecule has 0 atom stereocenters. The van der Waals surface area contributed by atoms with Crippen LogP contribution in [0.15, 0.2) is 78.9 Å². The van der Waals surface area contributed by atoms with Gasteiger partial charge in [-0.25, -0.2) is 0 Å². The van der Waals surface area contributed by atoms with Gasteiger partial charge in [-0.05, 0) is 34.6 Å². The SMILES string of the molecule is CCc1cc2c(-c3ccccc3C(C)C)c(-c3ccccc3)ccc2[cH-]1.[Cl][Zr][Cl]. The van der Waals surface area contributed by atoms with E-state index < -0.39 is 20.8 Å². The minimum absolute atomic E-state index is 0.491. The molecule has 0 aliphatic rings. The summed E-state index contributed by atoms with van der Waals surface area (Å²) in [6, 6.07) is 28.9. The molecule has 0 nitrogen and oxygen atoms in total. The van der Waals surface area contributed by atoms with Gasteiger partial charge >= 0.3 is 37.9 Å². The Morgan fingerprint density at radius 1 is 0.862 bits per heavy atom. The molecule has 3 heteroatoms. The van der Waals surface area contributed by atoms with E-state index in [0.717, 1.165) is 6.42 Å². The molecular formula is C26H25Cl2Zr-. The fourth-order valence-electron chi connectivity index (χ4n) is 3.92. The van der Waals surface area contributed by atoms with E-state index in [9.17, 15) is 0 Å². The number of hydrogen-bond donors (Lipinski definition) is 0. The third-order valence-corrected chi connectivity index (χ3v) is 5.30. The first-order chi connectivity index (χ1) is 14.1. The molecule has 0 unspecified atom stereocenters. The van der Waals surface area contributed by atoms with Gasteiger partial charge in [0, 0.05) is 0 Å². The Morgan fingerprint density at radius 3 is 2.17 bits per heavy atom. The first kappa shape index (κ1) is 22.4. The number of aryl methyl sites for hydroxylation is 1. The molecule has 0 radical (unpaired) electrons. The van der Waals surface area contributed by atoms with Crippen molar-refractivity contribution in [1.82, 2.24) is 0 Å². The van der Waals surface area contributed by atoms with Crippen LogP contribution in [0.5, 0.6) is 0 Å². The molecule has 0 aromatic heterocycles. The molecule has 29 heavy (non-hydrogen) atoms. The van der Waals surface area contributed by atoms with E-state index in [-0.39, 0.29) is 0 Å². The van der Waals surface area contributed by atoms with E-state index >= 15 is 0 Å². The summed E-state index contributed by atoms with van der Waals surface area (Å²) < 4.78 is 0. The first-order valence-corrected chi connectivity index (χ1v) is 16.3. The van der Waals surface area contributed by atoms with Crippen molar-refractivity contribution in [3.8, 4) is 22.3 Å². The summed E-state index contributed by atoms with van der Waals surface area (Å²) in [5.41, 5.74) is 8.16. The van der Waals surface area contributed by atoms with Crippen LogP contribution in [0.3, 0.4) is 0 Å². The van der Waals surface area contributed by atoms with Crippen molar-refractivity contribution in [2.75, 3.05) is 0 Å². The second kappa shape index (κ2) is 10.7. The first-order valence-electron chi connectivity index (χ1n) is 9.94. The Bertz CT molecular complexity index is 1060. The molecule has 0 spiro atoms. The van der Waals surface area contributed by atoms with Gasteiger partial charge in [-0.1, -0.05) is 87.0 Å². The molecule has 0 heterocycles. The van der Waals surface area contributed by atoms with E-state index in [0.29, 0.717) is 5.92 Å². The van der Waals surface area contributed by atoms with Gasteiger partial charge < -0.3 is 0 Å². The zero-order chi connectivity index (χ0) is 20.8. The molecule has 4 aromatic carbocycles. The maximum atomic E-state index is 4.93. The summed E-state index contributed by atoms with van der Waals surface area (Å²) >= 11 is -0.826. The Hall–Kier alpha value is -1.27. The van der Waals surface area contributed by atoms with E-state index in [1.807, 2.05) is 0 Å². The predicted octanol–water partition coefficient (Wildman–Crippen LogP) is 8.95. The second-order valence-corrected chi connectivity index (χ2v) is 11.1. The van der Waals surface area contributed by atoms with Gasteiger partial charge in [0.25, 0.3) is 0 Å². The summed E-state index contributed by atoms with van der Waals surface area (Å²) in [5.74, 6) is 0.491. The number of halogens is 2. The average molecular weight is 500 g/mol. The third-order valence-electron chi connectivity index (χ3n) is 5.30. The van der Waals surface area contributed by atoms with Crippen LogP contribution in [-0.2, 0) is 27.3 Å². The van der Waals surface area contributed by atoms with Crippen molar-refractivity contribution in [3.05, 3.63) is 90.0 Å². The normalized spacial score (nSPS) is 10.7. The molecule has 4 aromatic rings. The fraction of sp³-hybridized carbons (Fsp3) is 0.192. The summed E-state index contributed by atoms with van der Waals surface area (Å²) in [7, 11) is 9.87. The van der Waals surface area contributed by atoms with Gasteiger partial charge in [-0.2, -0.15) is 6.07 Å². The molecule has 4 rings (SSSR count). The van der Waals surface area contributed by atoms with Crippen molar-refractivity contribution in [2.24, 2.45) is 0 Å². The second-order valence-electron chi connectivity index (χ2n) is 7.39. The van der Waals surface area contributed by atoms with Gasteiger partial charge in [0.2, 0.25) is 0 Å². The van der Waals surface area contributed by atoms with E-state index in [4.69, 9.17) is 17.0 Å². The zero-order valence-electron chi connectivity index (χ0n) is 17.0. The van der Waals surface area contributed by atoms with Crippen LogP contribution in [0.25, 0.3) is 33.0 Å². The van der Waals surface area contributed by atoms with Crippen molar-refractivity contribution < 1.29 is 20.8 Å². The Kier molecular flexibility index (Phi) is 8.25. The van der Waals surface area contributed by atoms with Crippen molar-refractivity contribution in [3.63, 3.8) is 0 Å². The van der Waals surface area contributed by atoms with Crippen LogP contribution in [0, 0.1) is 0 Å². The molecule has 0 saturated heterocycles. The quantitative estimate of drug-likeness (QED) is 0.246. The Labute approximate surface area is 192 Å². The van der Waals surface area contributed by atoms with E-state index in [2.05, 4.69) is 99.6 Å². The third kappa shape index (κ3) is 5.08. The molecule has 0 aliphatic heterocycles. The molecule has 0 aliphatic carbocycles.